The van der Waals surface area contributed by atoms with Gasteiger partial charge in [-0.2, -0.15) is 0 Å². The number of anilines is 1. The molecule has 0 aliphatic carbocycles. The van der Waals surface area contributed by atoms with Crippen molar-refractivity contribution in [2.45, 2.75) is 32.5 Å². The first-order valence-electron chi connectivity index (χ1n) is 12.3. The first-order valence-corrected chi connectivity index (χ1v) is 13.2. The fraction of sp³-hybridized carbons (Fsp3) is 0.296. The van der Waals surface area contributed by atoms with Gasteiger partial charge < -0.3 is 25.6 Å². The molecule has 0 fully saturated rings. The second-order valence-corrected chi connectivity index (χ2v) is 9.63. The van der Waals surface area contributed by atoms with Gasteiger partial charge in [-0.25, -0.2) is 14.6 Å². The van der Waals surface area contributed by atoms with E-state index in [4.69, 9.17) is 4.74 Å². The summed E-state index contributed by atoms with van der Waals surface area (Å²) in [6.45, 7) is 2.28. The minimum absolute atomic E-state index is 0.0151. The van der Waals surface area contributed by atoms with Crippen LogP contribution in [0.1, 0.15) is 23.7 Å². The van der Waals surface area contributed by atoms with E-state index in [-0.39, 0.29) is 44.0 Å². The number of hydrogen-bond donors (Lipinski definition) is 4. The highest BCUT2D eigenvalue weighted by atomic mass is 32.1. The van der Waals surface area contributed by atoms with Gasteiger partial charge in [0.1, 0.15) is 6.61 Å². The standard InChI is InChI=1S/C27H32N6O5S/c1-19(30-27(37)38-17-21-11-7-4-8-12-21)14-28-23(34)16-33(2)24(35)13-22-18-39-26(31-22)32-25(36)29-15-20-9-5-3-6-10-20/h3-12,18-19H,13-17H2,1-2H3,(H,28,34)(H,30,37)(H2,29,31,32,36)/t19-/m1/s1. The summed E-state index contributed by atoms with van der Waals surface area (Å²) in [7, 11) is 1.52. The van der Waals surface area contributed by atoms with Crippen molar-refractivity contribution >= 4 is 40.4 Å². The third kappa shape index (κ3) is 10.8. The Morgan fingerprint density at radius 3 is 2.33 bits per heavy atom. The molecule has 0 spiro atoms. The van der Waals surface area contributed by atoms with Gasteiger partial charge in [0, 0.05) is 31.6 Å². The minimum Gasteiger partial charge on any atom is -0.445 e. The van der Waals surface area contributed by atoms with Gasteiger partial charge in [-0.15, -0.1) is 11.3 Å². The van der Waals surface area contributed by atoms with Crippen molar-refractivity contribution in [3.05, 3.63) is 82.9 Å². The minimum atomic E-state index is -0.585. The van der Waals surface area contributed by atoms with Crippen LogP contribution in [-0.2, 0) is 33.9 Å². The molecule has 0 saturated heterocycles. The number of amides is 5. The van der Waals surface area contributed by atoms with E-state index in [9.17, 15) is 19.2 Å². The van der Waals surface area contributed by atoms with E-state index in [2.05, 4.69) is 26.3 Å². The molecule has 0 bridgehead atoms. The highest BCUT2D eigenvalue weighted by Crippen LogP contribution is 2.16. The largest absolute Gasteiger partial charge is 0.445 e. The summed E-state index contributed by atoms with van der Waals surface area (Å²) < 4.78 is 5.16. The summed E-state index contributed by atoms with van der Waals surface area (Å²) in [6, 6.07) is 18.0. The molecule has 12 heteroatoms. The predicted molar refractivity (Wildman–Crippen MR) is 148 cm³/mol. The number of nitrogens with zero attached hydrogens (tertiary/aromatic N) is 2. The average Bonchev–Trinajstić information content (AvgIpc) is 3.37. The van der Waals surface area contributed by atoms with E-state index in [0.29, 0.717) is 17.4 Å². The molecule has 0 aliphatic rings. The van der Waals surface area contributed by atoms with E-state index in [1.807, 2.05) is 60.7 Å². The smallest absolute Gasteiger partial charge is 0.407 e. The van der Waals surface area contributed by atoms with Crippen LogP contribution in [0.3, 0.4) is 0 Å². The van der Waals surface area contributed by atoms with Gasteiger partial charge in [0.25, 0.3) is 0 Å². The number of carbonyl (C=O) groups is 4. The SMILES string of the molecule is C[C@H](CNC(=O)CN(C)C(=O)Cc1csc(NC(=O)NCc2ccccc2)n1)NC(=O)OCc1ccccc1. The lowest BCUT2D eigenvalue weighted by molar-refractivity contribution is -0.134. The average molecular weight is 553 g/mol. The molecule has 3 aromatic rings. The van der Waals surface area contributed by atoms with Crippen LogP contribution in [0.25, 0.3) is 0 Å². The summed E-state index contributed by atoms with van der Waals surface area (Å²) in [5.41, 5.74) is 2.33. The van der Waals surface area contributed by atoms with Crippen molar-refractivity contribution in [2.75, 3.05) is 25.5 Å². The second-order valence-electron chi connectivity index (χ2n) is 8.78. The highest BCUT2D eigenvalue weighted by Gasteiger charge is 2.17. The van der Waals surface area contributed by atoms with Gasteiger partial charge in [-0.3, -0.25) is 14.9 Å². The Kier molecular flexibility index (Phi) is 11.3. The number of rotatable bonds is 12. The molecule has 206 valence electrons. The highest BCUT2D eigenvalue weighted by molar-refractivity contribution is 7.13. The lowest BCUT2D eigenvalue weighted by Gasteiger charge is -2.18. The first kappa shape index (κ1) is 29.1. The molecule has 39 heavy (non-hydrogen) atoms. The maximum absolute atomic E-state index is 12.5. The van der Waals surface area contributed by atoms with E-state index in [1.165, 1.54) is 23.3 Å². The summed E-state index contributed by atoms with van der Waals surface area (Å²) in [6.07, 6.45) is -0.600. The van der Waals surface area contributed by atoms with Crippen molar-refractivity contribution in [1.29, 1.82) is 0 Å². The third-order valence-electron chi connectivity index (χ3n) is 5.39. The van der Waals surface area contributed by atoms with Crippen molar-refractivity contribution in [2.24, 2.45) is 0 Å². The van der Waals surface area contributed by atoms with E-state index in [1.54, 1.807) is 12.3 Å². The van der Waals surface area contributed by atoms with Crippen LogP contribution >= 0.6 is 11.3 Å². The number of hydrogen-bond acceptors (Lipinski definition) is 7. The number of benzene rings is 2. The Bertz CT molecular complexity index is 1240. The predicted octanol–water partition coefficient (Wildman–Crippen LogP) is 2.90. The molecule has 3 rings (SSSR count). The number of carbonyl (C=O) groups excluding carboxylic acids is 4. The maximum Gasteiger partial charge on any atom is 0.407 e. The molecule has 1 aromatic heterocycles. The van der Waals surface area contributed by atoms with Gasteiger partial charge in [0.05, 0.1) is 18.7 Å². The van der Waals surface area contributed by atoms with Gasteiger partial charge in [0.2, 0.25) is 11.8 Å². The topological polar surface area (TPSA) is 142 Å². The van der Waals surface area contributed by atoms with Gasteiger partial charge in [-0.1, -0.05) is 60.7 Å². The molecule has 0 aliphatic heterocycles. The van der Waals surface area contributed by atoms with Crippen molar-refractivity contribution in [3.8, 4) is 0 Å². The van der Waals surface area contributed by atoms with Crippen LogP contribution in [-0.4, -0.2) is 60.0 Å². The Morgan fingerprint density at radius 2 is 1.64 bits per heavy atom. The zero-order valence-corrected chi connectivity index (χ0v) is 22.6. The van der Waals surface area contributed by atoms with Gasteiger partial charge in [0.15, 0.2) is 5.13 Å². The lowest BCUT2D eigenvalue weighted by atomic mass is 10.2. The molecular weight excluding hydrogens is 520 g/mol. The maximum atomic E-state index is 12.5. The van der Waals surface area contributed by atoms with Crippen LogP contribution in [0.2, 0.25) is 0 Å². The molecule has 4 N–H and O–H groups in total. The first-order chi connectivity index (χ1) is 18.8. The van der Waals surface area contributed by atoms with Crippen molar-refractivity contribution in [3.63, 3.8) is 0 Å². The number of nitrogens with one attached hydrogen (secondary N) is 4. The Hall–Kier alpha value is -4.45. The fourth-order valence-electron chi connectivity index (χ4n) is 3.30. The summed E-state index contributed by atoms with van der Waals surface area (Å²) in [5, 5.41) is 12.8. The Labute approximate surface area is 231 Å². The molecule has 5 amide bonds. The second kappa shape index (κ2) is 15.1. The normalized spacial score (nSPS) is 11.1. The zero-order chi connectivity index (χ0) is 28.0. The number of ether oxygens (including phenoxy) is 1. The Balaban J connectivity index is 1.32. The van der Waals surface area contributed by atoms with E-state index in [0.717, 1.165) is 11.1 Å². The molecule has 2 aromatic carbocycles. The van der Waals surface area contributed by atoms with Crippen LogP contribution < -0.4 is 21.3 Å². The molecule has 0 unspecified atom stereocenters. The zero-order valence-electron chi connectivity index (χ0n) is 21.8. The van der Waals surface area contributed by atoms with Crippen molar-refractivity contribution in [1.82, 2.24) is 25.8 Å². The monoisotopic (exact) mass is 552 g/mol. The number of likely N-dealkylation sites (N-methyl/N-ethyl adjacent to an activating group) is 1. The summed E-state index contributed by atoms with van der Waals surface area (Å²) in [5.74, 6) is -0.668. The quantitative estimate of drug-likeness (QED) is 0.272. The molecule has 1 atom stereocenters. The number of thiazole rings is 1. The number of alkyl carbamates (subject to hydrolysis) is 1. The van der Waals surface area contributed by atoms with Crippen LogP contribution in [0, 0.1) is 0 Å². The van der Waals surface area contributed by atoms with Crippen molar-refractivity contribution < 1.29 is 23.9 Å². The van der Waals surface area contributed by atoms with Crippen LogP contribution in [0.15, 0.2) is 66.0 Å². The number of aromatic nitrogens is 1. The van der Waals surface area contributed by atoms with Crippen LogP contribution in [0.4, 0.5) is 14.7 Å². The van der Waals surface area contributed by atoms with E-state index < -0.39 is 12.1 Å². The van der Waals surface area contributed by atoms with E-state index >= 15 is 0 Å². The fourth-order valence-corrected chi connectivity index (χ4v) is 4.00. The summed E-state index contributed by atoms with van der Waals surface area (Å²) in [4.78, 5) is 54.4. The number of urea groups is 1. The lowest BCUT2D eigenvalue weighted by Crippen LogP contribution is -2.45. The van der Waals surface area contributed by atoms with Crippen LogP contribution in [0.5, 0.6) is 0 Å². The Morgan fingerprint density at radius 1 is 0.974 bits per heavy atom. The summed E-state index contributed by atoms with van der Waals surface area (Å²) >= 11 is 1.21. The molecular formula is C27H32N6O5S. The molecule has 1 heterocycles. The third-order valence-corrected chi connectivity index (χ3v) is 6.20. The van der Waals surface area contributed by atoms with Gasteiger partial charge >= 0.3 is 12.1 Å². The van der Waals surface area contributed by atoms with Gasteiger partial charge in [-0.05, 0) is 18.1 Å². The molecule has 0 saturated carbocycles. The molecule has 11 nitrogen and oxygen atoms in total. The molecule has 0 radical (unpaired) electrons.